The molecule has 1 unspecified atom stereocenters. The van der Waals surface area contributed by atoms with Crippen LogP contribution in [0, 0.1) is 5.82 Å². The van der Waals surface area contributed by atoms with E-state index in [1.807, 2.05) is 7.05 Å². The second-order valence-corrected chi connectivity index (χ2v) is 4.45. The zero-order chi connectivity index (χ0) is 12.4. The molecule has 0 bridgehead atoms. The SMILES string of the molecule is CNCCC1CC(=O)N(C)c2ccc(F)cc21. The maximum atomic E-state index is 13.3. The van der Waals surface area contributed by atoms with E-state index in [9.17, 15) is 9.18 Å². The quantitative estimate of drug-likeness (QED) is 0.869. The third-order valence-electron chi connectivity index (χ3n) is 3.33. The minimum absolute atomic E-state index is 0.102. The summed E-state index contributed by atoms with van der Waals surface area (Å²) < 4.78 is 13.3. The number of halogens is 1. The second kappa shape index (κ2) is 4.84. The lowest BCUT2D eigenvalue weighted by molar-refractivity contribution is -0.119. The predicted octanol–water partition coefficient (Wildman–Crippen LogP) is 1.89. The fourth-order valence-corrected chi connectivity index (χ4v) is 2.33. The van der Waals surface area contributed by atoms with Crippen molar-refractivity contribution in [1.82, 2.24) is 5.32 Å². The smallest absolute Gasteiger partial charge is 0.227 e. The van der Waals surface area contributed by atoms with Crippen molar-refractivity contribution in [3.63, 3.8) is 0 Å². The average Bonchev–Trinajstić information content (AvgIpc) is 2.32. The number of rotatable bonds is 3. The summed E-state index contributed by atoms with van der Waals surface area (Å²) in [6.07, 6.45) is 1.32. The van der Waals surface area contributed by atoms with E-state index in [2.05, 4.69) is 5.32 Å². The third kappa shape index (κ3) is 2.31. The van der Waals surface area contributed by atoms with Crippen LogP contribution in [0.25, 0.3) is 0 Å². The van der Waals surface area contributed by atoms with Crippen molar-refractivity contribution < 1.29 is 9.18 Å². The first kappa shape index (κ1) is 12.0. The van der Waals surface area contributed by atoms with Crippen LogP contribution in [0.3, 0.4) is 0 Å². The Hall–Kier alpha value is -1.42. The van der Waals surface area contributed by atoms with Crippen molar-refractivity contribution in [2.24, 2.45) is 0 Å². The van der Waals surface area contributed by atoms with Crippen LogP contribution in [0.4, 0.5) is 10.1 Å². The van der Waals surface area contributed by atoms with Crippen LogP contribution < -0.4 is 10.2 Å². The summed E-state index contributed by atoms with van der Waals surface area (Å²) in [5.74, 6) is -0.0111. The first-order valence-corrected chi connectivity index (χ1v) is 5.84. The van der Waals surface area contributed by atoms with E-state index < -0.39 is 0 Å². The molecule has 0 spiro atoms. The first-order chi connectivity index (χ1) is 8.13. The van der Waals surface area contributed by atoms with Crippen molar-refractivity contribution in [2.75, 3.05) is 25.5 Å². The number of carbonyl (C=O) groups is 1. The highest BCUT2D eigenvalue weighted by Gasteiger charge is 2.28. The summed E-state index contributed by atoms with van der Waals surface area (Å²) in [5.41, 5.74) is 1.78. The number of hydrogen-bond donors (Lipinski definition) is 1. The molecule has 92 valence electrons. The molecule has 1 atom stereocenters. The van der Waals surface area contributed by atoms with Gasteiger partial charge in [0.25, 0.3) is 0 Å². The van der Waals surface area contributed by atoms with E-state index >= 15 is 0 Å². The van der Waals surface area contributed by atoms with Gasteiger partial charge < -0.3 is 10.2 Å². The molecule has 3 nitrogen and oxygen atoms in total. The number of amides is 1. The van der Waals surface area contributed by atoms with E-state index in [1.165, 1.54) is 6.07 Å². The highest BCUT2D eigenvalue weighted by molar-refractivity contribution is 5.96. The monoisotopic (exact) mass is 236 g/mol. The lowest BCUT2D eigenvalue weighted by Gasteiger charge is -2.31. The molecule has 2 rings (SSSR count). The molecule has 0 fully saturated rings. The number of nitrogens with one attached hydrogen (secondary N) is 1. The van der Waals surface area contributed by atoms with Crippen LogP contribution >= 0.6 is 0 Å². The van der Waals surface area contributed by atoms with Gasteiger partial charge in [0.1, 0.15) is 5.82 Å². The number of anilines is 1. The van der Waals surface area contributed by atoms with E-state index in [-0.39, 0.29) is 17.6 Å². The number of benzene rings is 1. The topological polar surface area (TPSA) is 32.3 Å². The van der Waals surface area contributed by atoms with Gasteiger partial charge in [-0.3, -0.25) is 4.79 Å². The molecule has 0 radical (unpaired) electrons. The predicted molar refractivity (Wildman–Crippen MR) is 65.7 cm³/mol. The molecular formula is C13H17FN2O. The van der Waals surface area contributed by atoms with Crippen LogP contribution in [0.2, 0.25) is 0 Å². The molecule has 1 amide bonds. The van der Waals surface area contributed by atoms with Gasteiger partial charge in [-0.1, -0.05) is 0 Å². The van der Waals surface area contributed by atoms with E-state index in [0.29, 0.717) is 6.42 Å². The first-order valence-electron chi connectivity index (χ1n) is 5.84. The van der Waals surface area contributed by atoms with Gasteiger partial charge in [-0.15, -0.1) is 0 Å². The van der Waals surface area contributed by atoms with Crippen LogP contribution in [0.1, 0.15) is 24.3 Å². The minimum Gasteiger partial charge on any atom is -0.320 e. The molecule has 1 N–H and O–H groups in total. The molecule has 1 aliphatic heterocycles. The van der Waals surface area contributed by atoms with Crippen molar-refractivity contribution in [2.45, 2.75) is 18.8 Å². The molecule has 0 aliphatic carbocycles. The molecular weight excluding hydrogens is 219 g/mol. The summed E-state index contributed by atoms with van der Waals surface area (Å²) in [6, 6.07) is 4.65. The van der Waals surface area contributed by atoms with Gasteiger partial charge in [-0.25, -0.2) is 4.39 Å². The summed E-state index contributed by atoms with van der Waals surface area (Å²) in [7, 11) is 3.62. The van der Waals surface area contributed by atoms with Crippen molar-refractivity contribution in [1.29, 1.82) is 0 Å². The van der Waals surface area contributed by atoms with Crippen LogP contribution in [-0.4, -0.2) is 26.5 Å². The molecule has 0 saturated carbocycles. The normalized spacial score (nSPS) is 19.4. The van der Waals surface area contributed by atoms with E-state index in [1.54, 1.807) is 24.1 Å². The Balaban J connectivity index is 2.35. The molecule has 1 heterocycles. The van der Waals surface area contributed by atoms with Gasteiger partial charge in [0.05, 0.1) is 0 Å². The van der Waals surface area contributed by atoms with Gasteiger partial charge in [-0.2, -0.15) is 0 Å². The molecule has 1 aromatic rings. The Morgan fingerprint density at radius 3 is 3.00 bits per heavy atom. The maximum absolute atomic E-state index is 13.3. The van der Waals surface area contributed by atoms with Crippen molar-refractivity contribution in [3.05, 3.63) is 29.6 Å². The third-order valence-corrected chi connectivity index (χ3v) is 3.33. The van der Waals surface area contributed by atoms with Crippen LogP contribution in [-0.2, 0) is 4.79 Å². The second-order valence-electron chi connectivity index (χ2n) is 4.45. The Bertz CT molecular complexity index is 433. The number of carbonyl (C=O) groups excluding carboxylic acids is 1. The Morgan fingerprint density at radius 2 is 2.29 bits per heavy atom. The zero-order valence-corrected chi connectivity index (χ0v) is 10.2. The van der Waals surface area contributed by atoms with Crippen LogP contribution in [0.5, 0.6) is 0 Å². The van der Waals surface area contributed by atoms with Gasteiger partial charge in [0.2, 0.25) is 5.91 Å². The molecule has 0 saturated heterocycles. The lowest BCUT2D eigenvalue weighted by Crippen LogP contribution is -2.34. The number of fused-ring (bicyclic) bond motifs is 1. The van der Waals surface area contributed by atoms with Gasteiger partial charge >= 0.3 is 0 Å². The highest BCUT2D eigenvalue weighted by Crippen LogP contribution is 2.37. The van der Waals surface area contributed by atoms with Gasteiger partial charge in [0.15, 0.2) is 0 Å². The molecule has 17 heavy (non-hydrogen) atoms. The Kier molecular flexibility index (Phi) is 3.43. The Morgan fingerprint density at radius 1 is 1.53 bits per heavy atom. The number of nitrogens with zero attached hydrogens (tertiary/aromatic N) is 1. The van der Waals surface area contributed by atoms with Crippen LogP contribution in [0.15, 0.2) is 18.2 Å². The molecule has 1 aromatic carbocycles. The summed E-state index contributed by atoms with van der Waals surface area (Å²) in [4.78, 5) is 13.4. The largest absolute Gasteiger partial charge is 0.320 e. The highest BCUT2D eigenvalue weighted by atomic mass is 19.1. The summed E-state index contributed by atoms with van der Waals surface area (Å²) in [5, 5.41) is 3.07. The summed E-state index contributed by atoms with van der Waals surface area (Å²) in [6.45, 7) is 0.831. The standard InChI is InChI=1S/C13H17FN2O/c1-15-6-5-9-7-13(17)16(2)12-4-3-10(14)8-11(9)12/h3-4,8-9,15H,5-7H2,1-2H3. The molecule has 1 aliphatic rings. The van der Waals surface area contributed by atoms with Crippen molar-refractivity contribution in [3.8, 4) is 0 Å². The fourth-order valence-electron chi connectivity index (χ4n) is 2.33. The molecule has 0 aromatic heterocycles. The Labute approximate surface area is 101 Å². The zero-order valence-electron chi connectivity index (χ0n) is 10.2. The van der Waals surface area contributed by atoms with Crippen molar-refractivity contribution >= 4 is 11.6 Å². The lowest BCUT2D eigenvalue weighted by atomic mass is 9.87. The van der Waals surface area contributed by atoms with E-state index in [4.69, 9.17) is 0 Å². The number of hydrogen-bond acceptors (Lipinski definition) is 2. The summed E-state index contributed by atoms with van der Waals surface area (Å²) >= 11 is 0. The minimum atomic E-state index is -0.235. The van der Waals surface area contributed by atoms with Gasteiger partial charge in [-0.05, 0) is 49.7 Å². The van der Waals surface area contributed by atoms with Gasteiger partial charge in [0, 0.05) is 19.2 Å². The van der Waals surface area contributed by atoms with E-state index in [0.717, 1.165) is 24.2 Å². The average molecular weight is 236 g/mol. The molecule has 4 heteroatoms. The maximum Gasteiger partial charge on any atom is 0.227 e. The fraction of sp³-hybridized carbons (Fsp3) is 0.462.